The Labute approximate surface area is 198 Å². The molecule has 33 heavy (non-hydrogen) atoms. The number of ether oxygens (including phenoxy) is 2. The van der Waals surface area contributed by atoms with Crippen LogP contribution in [0, 0.1) is 30.9 Å². The van der Waals surface area contributed by atoms with Crippen LogP contribution in [0.4, 0.5) is 11.4 Å². The molecule has 1 N–H and O–H groups in total. The first kappa shape index (κ1) is 24.2. The van der Waals surface area contributed by atoms with Gasteiger partial charge in [-0.15, -0.1) is 0 Å². The van der Waals surface area contributed by atoms with Gasteiger partial charge in [-0.05, 0) is 56.2 Å². The highest BCUT2D eigenvalue weighted by molar-refractivity contribution is 6.39. The molecule has 0 unspecified atom stereocenters. The van der Waals surface area contributed by atoms with Crippen molar-refractivity contribution in [2.75, 3.05) is 18.5 Å². The molecule has 0 saturated heterocycles. The van der Waals surface area contributed by atoms with Gasteiger partial charge in [0.1, 0.15) is 11.2 Å². The molecule has 9 nitrogen and oxygen atoms in total. The van der Waals surface area contributed by atoms with E-state index < -0.39 is 30.0 Å². The standard InChI is InChI=1S/C22H19Cl2N3O6/c1-11-6-17(18(27(30)31)7-12(11)2)26-19(28)9-32-20(29)10-33-22-16(24)8-15(23)14-5-4-13(3)25-21(14)22/h4-8H,9-10H2,1-3H3,(H,26,28). The van der Waals surface area contributed by atoms with E-state index >= 15 is 0 Å². The highest BCUT2D eigenvalue weighted by Gasteiger charge is 2.19. The SMILES string of the molecule is Cc1ccc2c(Cl)cc(Cl)c(OCC(=O)OCC(=O)Nc3cc(C)c(C)cc3[N+](=O)[O-])c2n1. The largest absolute Gasteiger partial charge is 0.478 e. The second-order valence-electron chi connectivity index (χ2n) is 7.23. The van der Waals surface area contributed by atoms with Gasteiger partial charge in [0.2, 0.25) is 0 Å². The number of carbonyl (C=O) groups excluding carboxylic acids is 2. The van der Waals surface area contributed by atoms with E-state index in [1.165, 1.54) is 18.2 Å². The summed E-state index contributed by atoms with van der Waals surface area (Å²) >= 11 is 12.4. The Morgan fingerprint density at radius 3 is 2.45 bits per heavy atom. The molecule has 11 heteroatoms. The molecule has 0 aliphatic carbocycles. The Morgan fingerprint density at radius 1 is 1.06 bits per heavy atom. The van der Waals surface area contributed by atoms with Crippen LogP contribution >= 0.6 is 23.2 Å². The average Bonchev–Trinajstić information content (AvgIpc) is 2.74. The van der Waals surface area contributed by atoms with Crippen molar-refractivity contribution in [2.24, 2.45) is 0 Å². The number of benzene rings is 2. The van der Waals surface area contributed by atoms with Crippen molar-refractivity contribution in [1.29, 1.82) is 0 Å². The number of esters is 1. The van der Waals surface area contributed by atoms with Crippen molar-refractivity contribution in [1.82, 2.24) is 4.98 Å². The van der Waals surface area contributed by atoms with E-state index in [-0.39, 0.29) is 22.1 Å². The van der Waals surface area contributed by atoms with E-state index in [9.17, 15) is 19.7 Å². The maximum Gasteiger partial charge on any atom is 0.344 e. The predicted octanol–water partition coefficient (Wildman–Crippen LogP) is 4.94. The van der Waals surface area contributed by atoms with Crippen LogP contribution in [0.25, 0.3) is 10.9 Å². The maximum absolute atomic E-state index is 12.2. The zero-order valence-electron chi connectivity index (χ0n) is 17.9. The molecule has 1 aromatic heterocycles. The van der Waals surface area contributed by atoms with Gasteiger partial charge in [0.25, 0.3) is 11.6 Å². The molecule has 1 amide bonds. The smallest absolute Gasteiger partial charge is 0.344 e. The van der Waals surface area contributed by atoms with Crippen LogP contribution in [0.2, 0.25) is 10.0 Å². The zero-order chi connectivity index (χ0) is 24.3. The van der Waals surface area contributed by atoms with Gasteiger partial charge in [-0.2, -0.15) is 0 Å². The van der Waals surface area contributed by atoms with E-state index in [4.69, 9.17) is 32.7 Å². The van der Waals surface area contributed by atoms with Crippen LogP contribution in [0.3, 0.4) is 0 Å². The third kappa shape index (κ3) is 5.68. The molecular formula is C22H19Cl2N3O6. The molecule has 172 valence electrons. The van der Waals surface area contributed by atoms with Gasteiger partial charge < -0.3 is 14.8 Å². The van der Waals surface area contributed by atoms with E-state index in [0.717, 1.165) is 5.56 Å². The molecule has 0 atom stereocenters. The summed E-state index contributed by atoms with van der Waals surface area (Å²) in [5.41, 5.74) is 2.32. The number of anilines is 1. The molecule has 1 heterocycles. The summed E-state index contributed by atoms with van der Waals surface area (Å²) in [6.45, 7) is 4.07. The minimum atomic E-state index is -0.841. The van der Waals surface area contributed by atoms with Gasteiger partial charge >= 0.3 is 5.97 Å². The lowest BCUT2D eigenvalue weighted by atomic mass is 10.1. The number of aromatic nitrogens is 1. The van der Waals surface area contributed by atoms with Gasteiger partial charge in [-0.3, -0.25) is 14.9 Å². The Bertz CT molecular complexity index is 1280. The number of hydrogen-bond acceptors (Lipinski definition) is 7. The number of nitrogens with one attached hydrogen (secondary N) is 1. The minimum absolute atomic E-state index is 0.0151. The normalized spacial score (nSPS) is 10.7. The zero-order valence-corrected chi connectivity index (χ0v) is 19.4. The first-order valence-electron chi connectivity index (χ1n) is 9.66. The van der Waals surface area contributed by atoms with Crippen LogP contribution in [-0.4, -0.2) is 35.0 Å². The fraction of sp³-hybridized carbons (Fsp3) is 0.227. The van der Waals surface area contributed by atoms with Gasteiger partial charge in [0.05, 0.1) is 15.0 Å². The maximum atomic E-state index is 12.2. The number of nitrogens with zero attached hydrogens (tertiary/aromatic N) is 2. The Balaban J connectivity index is 1.63. The van der Waals surface area contributed by atoms with Crippen LogP contribution in [0.1, 0.15) is 16.8 Å². The molecule has 3 aromatic rings. The highest BCUT2D eigenvalue weighted by atomic mass is 35.5. The van der Waals surface area contributed by atoms with E-state index in [1.54, 1.807) is 32.9 Å². The van der Waals surface area contributed by atoms with Crippen molar-refractivity contribution in [2.45, 2.75) is 20.8 Å². The Morgan fingerprint density at radius 2 is 1.76 bits per heavy atom. The number of fused-ring (bicyclic) bond motifs is 1. The number of pyridine rings is 1. The average molecular weight is 492 g/mol. The van der Waals surface area contributed by atoms with Crippen molar-refractivity contribution in [3.8, 4) is 5.75 Å². The Hall–Kier alpha value is -3.43. The Kier molecular flexibility index (Phi) is 7.35. The first-order valence-corrected chi connectivity index (χ1v) is 10.4. The monoisotopic (exact) mass is 491 g/mol. The molecule has 0 aliphatic rings. The highest BCUT2D eigenvalue weighted by Crippen LogP contribution is 2.37. The van der Waals surface area contributed by atoms with Gasteiger partial charge in [0.15, 0.2) is 19.0 Å². The number of nitro benzene ring substituents is 1. The predicted molar refractivity (Wildman–Crippen MR) is 124 cm³/mol. The number of nitro groups is 1. The quantitative estimate of drug-likeness (QED) is 0.282. The molecule has 0 radical (unpaired) electrons. The first-order chi connectivity index (χ1) is 15.6. The fourth-order valence-electron chi connectivity index (χ4n) is 2.98. The fourth-order valence-corrected chi connectivity index (χ4v) is 3.56. The summed E-state index contributed by atoms with van der Waals surface area (Å²) in [5, 5.41) is 14.8. The van der Waals surface area contributed by atoms with E-state index in [1.807, 2.05) is 0 Å². The molecule has 3 rings (SSSR count). The summed E-state index contributed by atoms with van der Waals surface area (Å²) in [5.74, 6) is -1.42. The lowest BCUT2D eigenvalue weighted by molar-refractivity contribution is -0.384. The summed E-state index contributed by atoms with van der Waals surface area (Å²) < 4.78 is 10.4. The number of amides is 1. The minimum Gasteiger partial charge on any atom is -0.478 e. The van der Waals surface area contributed by atoms with Gasteiger partial charge in [-0.25, -0.2) is 9.78 Å². The number of aryl methyl sites for hydroxylation is 3. The summed E-state index contributed by atoms with van der Waals surface area (Å²) in [6.07, 6.45) is 0. The molecule has 0 saturated carbocycles. The summed E-state index contributed by atoms with van der Waals surface area (Å²) in [6, 6.07) is 7.86. The molecular weight excluding hydrogens is 473 g/mol. The number of halogens is 2. The second kappa shape index (κ2) is 10.0. The second-order valence-corrected chi connectivity index (χ2v) is 8.04. The van der Waals surface area contributed by atoms with Crippen molar-refractivity contribution in [3.63, 3.8) is 0 Å². The lowest BCUT2D eigenvalue weighted by Crippen LogP contribution is -2.24. The molecule has 0 aliphatic heterocycles. The molecule has 2 aromatic carbocycles. The third-order valence-corrected chi connectivity index (χ3v) is 5.35. The van der Waals surface area contributed by atoms with E-state index in [2.05, 4.69) is 10.3 Å². The lowest BCUT2D eigenvalue weighted by Gasteiger charge is -2.12. The topological polar surface area (TPSA) is 121 Å². The van der Waals surface area contributed by atoms with Crippen LogP contribution in [0.5, 0.6) is 5.75 Å². The van der Waals surface area contributed by atoms with Crippen molar-refractivity contribution < 1.29 is 24.0 Å². The van der Waals surface area contributed by atoms with Crippen LogP contribution in [-0.2, 0) is 14.3 Å². The molecule has 0 spiro atoms. The summed E-state index contributed by atoms with van der Waals surface area (Å²) in [7, 11) is 0. The van der Waals surface area contributed by atoms with Gasteiger partial charge in [0, 0.05) is 17.1 Å². The van der Waals surface area contributed by atoms with Gasteiger partial charge in [-0.1, -0.05) is 23.2 Å². The summed E-state index contributed by atoms with van der Waals surface area (Å²) in [4.78, 5) is 39.3. The van der Waals surface area contributed by atoms with Crippen LogP contribution in [0.15, 0.2) is 30.3 Å². The number of carbonyl (C=O) groups is 2. The molecule has 0 fully saturated rings. The number of rotatable bonds is 7. The number of hydrogen-bond donors (Lipinski definition) is 1. The van der Waals surface area contributed by atoms with Crippen molar-refractivity contribution in [3.05, 3.63) is 67.3 Å². The third-order valence-electron chi connectivity index (χ3n) is 4.76. The van der Waals surface area contributed by atoms with Crippen LogP contribution < -0.4 is 10.1 Å². The van der Waals surface area contributed by atoms with Crippen molar-refractivity contribution >= 4 is 57.4 Å². The van der Waals surface area contributed by atoms with E-state index in [0.29, 0.717) is 27.2 Å². The molecule has 0 bridgehead atoms.